The lowest BCUT2D eigenvalue weighted by molar-refractivity contribution is -0.142. The summed E-state index contributed by atoms with van der Waals surface area (Å²) in [5.41, 5.74) is 23.7. The second-order valence-corrected chi connectivity index (χ2v) is 18.6. The molecule has 6 N–H and O–H groups in total. The maximum absolute atomic E-state index is 13.3. The fraction of sp³-hybridized carbons (Fsp3) is 0.0943. The number of hydrogen-bond donors (Lipinski definition) is 3. The van der Waals surface area contributed by atoms with Crippen molar-refractivity contribution in [1.29, 1.82) is 0 Å². The van der Waals surface area contributed by atoms with Gasteiger partial charge in [0.1, 0.15) is 47.2 Å². The molecule has 0 amide bonds. The highest BCUT2D eigenvalue weighted by atomic mass is 35.5. The first kappa shape index (κ1) is 54.5. The molecular formula is C53H36Cl2F8N18. The number of aryl methyl sites for hydroxylation is 3. The second-order valence-electron chi connectivity index (χ2n) is 17.8. The Morgan fingerprint density at radius 1 is 0.395 bits per heavy atom. The summed E-state index contributed by atoms with van der Waals surface area (Å²) in [5, 5.41) is 24.6. The van der Waals surface area contributed by atoms with Crippen LogP contribution in [0.5, 0.6) is 0 Å². The van der Waals surface area contributed by atoms with E-state index in [0.717, 1.165) is 23.4 Å². The molecule has 408 valence electrons. The van der Waals surface area contributed by atoms with Gasteiger partial charge in [-0.25, -0.2) is 38.7 Å². The molecule has 18 nitrogen and oxygen atoms in total. The van der Waals surface area contributed by atoms with E-state index in [0.29, 0.717) is 55.0 Å². The Labute approximate surface area is 461 Å². The zero-order chi connectivity index (χ0) is 57.7. The molecule has 0 spiro atoms. The Kier molecular flexibility index (Phi) is 14.4. The molecule has 0 unspecified atom stereocenters. The lowest BCUT2D eigenvalue weighted by Gasteiger charge is -2.14. The highest BCUT2D eigenvalue weighted by Gasteiger charge is 2.35. The van der Waals surface area contributed by atoms with Crippen LogP contribution in [-0.4, -0.2) is 73.7 Å². The van der Waals surface area contributed by atoms with Gasteiger partial charge in [0.2, 0.25) is 17.8 Å². The van der Waals surface area contributed by atoms with E-state index < -0.39 is 29.6 Å². The molecule has 81 heavy (non-hydrogen) atoms. The minimum absolute atomic E-state index is 0.0462. The average Bonchev–Trinajstić information content (AvgIpc) is 4.06. The van der Waals surface area contributed by atoms with E-state index in [2.05, 4.69) is 60.5 Å². The van der Waals surface area contributed by atoms with Crippen LogP contribution in [0.4, 0.5) is 53.0 Å². The zero-order valence-corrected chi connectivity index (χ0v) is 43.4. The van der Waals surface area contributed by atoms with Crippen molar-refractivity contribution < 1.29 is 35.1 Å². The van der Waals surface area contributed by atoms with Gasteiger partial charge in [-0.2, -0.15) is 26.3 Å². The number of fused-ring (bicyclic) bond motifs is 3. The van der Waals surface area contributed by atoms with Crippen LogP contribution in [-0.2, 0) is 12.4 Å². The highest BCUT2D eigenvalue weighted by molar-refractivity contribution is 6.30. The number of alkyl halides is 6. The number of nitrogens with two attached hydrogens (primary N) is 3. The number of anilines is 3. The summed E-state index contributed by atoms with van der Waals surface area (Å²) >= 11 is 12.1. The van der Waals surface area contributed by atoms with Crippen LogP contribution in [0.25, 0.3) is 84.1 Å². The molecule has 12 aromatic rings. The minimum Gasteiger partial charge on any atom is -0.369 e. The minimum atomic E-state index is -4.62. The quantitative estimate of drug-likeness (QED) is 0.103. The lowest BCUT2D eigenvalue weighted by atomic mass is 9.99. The predicted molar refractivity (Wildman–Crippen MR) is 286 cm³/mol. The third-order valence-corrected chi connectivity index (χ3v) is 12.5. The number of benzene rings is 3. The van der Waals surface area contributed by atoms with E-state index in [1.165, 1.54) is 90.2 Å². The maximum atomic E-state index is 13.3. The van der Waals surface area contributed by atoms with Crippen LogP contribution in [0.2, 0.25) is 10.2 Å². The first-order valence-corrected chi connectivity index (χ1v) is 24.3. The SMILES string of the molecule is Cc1cc(-c2c(-c3ccc(Cl)cc3)nc(N)n3cnnc23)cc(C(F)(F)F)n1.Cc1cc(-c2c(-c3ccc(F)cc3)nc(N)n3cnnc23)cc(C(F)(F)F)n1.Cc1cc(-c2c(-c3ccc(F)cc3)nc(N)n3cnnc23)cc(Cl)n1. The molecule has 0 saturated heterocycles. The molecule has 9 heterocycles. The third-order valence-electron chi connectivity index (χ3n) is 12.1. The number of hydrogen-bond acceptors (Lipinski definition) is 15. The number of halogens is 10. The van der Waals surface area contributed by atoms with Crippen molar-refractivity contribution in [1.82, 2.24) is 73.7 Å². The van der Waals surface area contributed by atoms with E-state index >= 15 is 0 Å². The van der Waals surface area contributed by atoms with Gasteiger partial charge >= 0.3 is 12.4 Å². The summed E-state index contributed by atoms with van der Waals surface area (Å²) in [6.45, 7) is 4.80. The molecular weight excluding hydrogens is 1110 g/mol. The van der Waals surface area contributed by atoms with E-state index in [4.69, 9.17) is 40.4 Å². The standard InChI is InChI=1S/C18H12ClF3N6.C18H12F4N6.C17H12ClFN6/c2*1-9-6-11(7-13(25-9)18(20,21)22)14-15(10-2-4-12(19)5-3-10)26-17(23)28-8-24-27-16(14)28;1-9-6-11(7-13(18)22-9)14-15(10-2-4-12(19)5-3-10)23-17(20)25-8-21-24-16(14)25/h2*2-8H,1H3,(H2,23,26);2-8H,1H3,(H2,20,23). The number of pyridine rings is 3. The van der Waals surface area contributed by atoms with E-state index in [1.54, 1.807) is 46.9 Å². The molecule has 0 aliphatic rings. The summed E-state index contributed by atoms with van der Waals surface area (Å²) in [6.07, 6.45) is -5.06. The molecule has 0 saturated carbocycles. The fourth-order valence-corrected chi connectivity index (χ4v) is 9.02. The molecule has 12 rings (SSSR count). The topological polar surface area (TPSA) is 246 Å². The molecule has 0 radical (unpaired) electrons. The number of nitrogen functional groups attached to an aromatic ring is 3. The molecule has 0 aliphatic heterocycles. The third kappa shape index (κ3) is 11.3. The Balaban J connectivity index is 0.000000137. The summed E-state index contributed by atoms with van der Waals surface area (Å²) in [4.78, 5) is 24.5. The van der Waals surface area contributed by atoms with E-state index in [1.807, 2.05) is 13.0 Å². The largest absolute Gasteiger partial charge is 0.433 e. The van der Waals surface area contributed by atoms with Gasteiger partial charge in [0, 0.05) is 38.8 Å². The van der Waals surface area contributed by atoms with Gasteiger partial charge in [-0.15, -0.1) is 30.6 Å². The van der Waals surface area contributed by atoms with Gasteiger partial charge in [0.05, 0.1) is 33.8 Å². The molecule has 0 fully saturated rings. The van der Waals surface area contributed by atoms with Gasteiger partial charge in [0.15, 0.2) is 16.9 Å². The first-order valence-electron chi connectivity index (χ1n) is 23.5. The first-order chi connectivity index (χ1) is 38.5. The number of aromatic nitrogens is 15. The normalized spacial score (nSPS) is 11.7. The molecule has 28 heteroatoms. The summed E-state index contributed by atoms with van der Waals surface area (Å²) in [6, 6.07) is 26.7. The maximum Gasteiger partial charge on any atom is 0.433 e. The monoisotopic (exact) mass is 1150 g/mol. The second kappa shape index (κ2) is 21.4. The zero-order valence-electron chi connectivity index (χ0n) is 41.8. The Morgan fingerprint density at radius 2 is 0.704 bits per heavy atom. The fourth-order valence-electron chi connectivity index (χ4n) is 8.65. The molecule has 0 atom stereocenters. The van der Waals surface area contributed by atoms with Crippen LogP contribution < -0.4 is 17.2 Å². The molecule has 0 bridgehead atoms. The summed E-state index contributed by atoms with van der Waals surface area (Å²) in [5.74, 6) is -0.397. The number of nitrogens with zero attached hydrogens (tertiary/aromatic N) is 15. The van der Waals surface area contributed by atoms with Gasteiger partial charge < -0.3 is 17.2 Å². The highest BCUT2D eigenvalue weighted by Crippen LogP contribution is 2.41. The van der Waals surface area contributed by atoms with E-state index in [9.17, 15) is 35.1 Å². The smallest absolute Gasteiger partial charge is 0.369 e. The van der Waals surface area contributed by atoms with Crippen LogP contribution in [0.1, 0.15) is 28.5 Å². The van der Waals surface area contributed by atoms with Crippen LogP contribution >= 0.6 is 23.2 Å². The van der Waals surface area contributed by atoms with Crippen molar-refractivity contribution in [3.8, 4) is 67.2 Å². The number of rotatable bonds is 6. The van der Waals surface area contributed by atoms with Crippen molar-refractivity contribution in [2.75, 3.05) is 17.2 Å². The Hall–Kier alpha value is -9.82. The Morgan fingerprint density at radius 3 is 1.02 bits per heavy atom. The van der Waals surface area contributed by atoms with Crippen molar-refractivity contribution >= 4 is 58.0 Å². The van der Waals surface area contributed by atoms with Gasteiger partial charge in [-0.05, 0) is 135 Å². The van der Waals surface area contributed by atoms with Crippen molar-refractivity contribution in [2.45, 2.75) is 33.1 Å². The van der Waals surface area contributed by atoms with Crippen LogP contribution in [0, 0.1) is 32.4 Å². The summed E-state index contributed by atoms with van der Waals surface area (Å²) < 4.78 is 111. The van der Waals surface area contributed by atoms with E-state index in [-0.39, 0.29) is 68.7 Å². The van der Waals surface area contributed by atoms with Crippen molar-refractivity contribution in [2.24, 2.45) is 0 Å². The van der Waals surface area contributed by atoms with Crippen LogP contribution in [0.3, 0.4) is 0 Å². The molecule has 0 aliphatic carbocycles. The van der Waals surface area contributed by atoms with Crippen molar-refractivity contribution in [3.63, 3.8) is 0 Å². The molecule has 3 aromatic carbocycles. The van der Waals surface area contributed by atoms with Gasteiger partial charge in [-0.1, -0.05) is 35.3 Å². The summed E-state index contributed by atoms with van der Waals surface area (Å²) in [7, 11) is 0. The Bertz CT molecular complexity index is 4130. The molecule has 9 aromatic heterocycles. The average molecular weight is 1150 g/mol. The van der Waals surface area contributed by atoms with Gasteiger partial charge in [-0.3, -0.25) is 13.2 Å². The lowest BCUT2D eigenvalue weighted by Crippen LogP contribution is -2.10. The van der Waals surface area contributed by atoms with Gasteiger partial charge in [0.25, 0.3) is 0 Å². The van der Waals surface area contributed by atoms with Crippen molar-refractivity contribution in [3.05, 3.63) is 178 Å². The van der Waals surface area contributed by atoms with Crippen LogP contribution in [0.15, 0.2) is 128 Å². The predicted octanol–water partition coefficient (Wildman–Crippen LogP) is 11.9.